The van der Waals surface area contributed by atoms with Crippen LogP contribution in [0.3, 0.4) is 0 Å². The van der Waals surface area contributed by atoms with Crippen molar-refractivity contribution >= 4 is 5.82 Å². The summed E-state index contributed by atoms with van der Waals surface area (Å²) in [7, 11) is 0. The highest BCUT2D eigenvalue weighted by atomic mass is 15.3. The number of hydrogen-bond donors (Lipinski definition) is 0. The second-order valence-electron chi connectivity index (χ2n) is 5.80. The fraction of sp³-hybridized carbons (Fsp3) is 0.588. The molecule has 1 aromatic heterocycles. The molecule has 1 saturated heterocycles. The van der Waals surface area contributed by atoms with Crippen molar-refractivity contribution in [2.45, 2.75) is 38.6 Å². The topological polar surface area (TPSA) is 19.4 Å². The SMILES string of the molecule is CCN1CCN(c2ccccn2)CC1C1=CCCCC1. The van der Waals surface area contributed by atoms with Gasteiger partial charge >= 0.3 is 0 Å². The summed E-state index contributed by atoms with van der Waals surface area (Å²) in [5.74, 6) is 1.13. The van der Waals surface area contributed by atoms with Crippen LogP contribution in [0.2, 0.25) is 0 Å². The van der Waals surface area contributed by atoms with Gasteiger partial charge in [-0.05, 0) is 44.4 Å². The third kappa shape index (κ3) is 2.88. The van der Waals surface area contributed by atoms with Crippen LogP contribution in [0.4, 0.5) is 5.82 Å². The normalized spacial score (nSPS) is 24.6. The maximum absolute atomic E-state index is 4.52. The van der Waals surface area contributed by atoms with Crippen LogP contribution in [0.15, 0.2) is 36.0 Å². The molecular formula is C17H25N3. The predicted molar refractivity (Wildman–Crippen MR) is 84.0 cm³/mol. The lowest BCUT2D eigenvalue weighted by atomic mass is 9.91. The van der Waals surface area contributed by atoms with Gasteiger partial charge in [0.15, 0.2) is 0 Å². The van der Waals surface area contributed by atoms with Crippen molar-refractivity contribution in [2.75, 3.05) is 31.1 Å². The zero-order valence-electron chi connectivity index (χ0n) is 12.5. The summed E-state index contributed by atoms with van der Waals surface area (Å²) >= 11 is 0. The Labute approximate surface area is 122 Å². The molecule has 0 bridgehead atoms. The van der Waals surface area contributed by atoms with E-state index in [1.165, 1.54) is 25.7 Å². The van der Waals surface area contributed by atoms with Gasteiger partial charge in [-0.3, -0.25) is 4.90 Å². The first-order valence-corrected chi connectivity index (χ1v) is 7.97. The van der Waals surface area contributed by atoms with Gasteiger partial charge in [0.1, 0.15) is 5.82 Å². The standard InChI is InChI=1S/C17H25N3/c1-2-19-12-13-20(17-10-6-7-11-18-17)14-16(19)15-8-4-3-5-9-15/h6-8,10-11,16H,2-5,9,12-14H2,1H3. The zero-order valence-corrected chi connectivity index (χ0v) is 12.5. The lowest BCUT2D eigenvalue weighted by Gasteiger charge is -2.43. The van der Waals surface area contributed by atoms with E-state index in [1.54, 1.807) is 5.57 Å². The van der Waals surface area contributed by atoms with Crippen LogP contribution in [0, 0.1) is 0 Å². The maximum atomic E-state index is 4.52. The highest BCUT2D eigenvalue weighted by Gasteiger charge is 2.29. The van der Waals surface area contributed by atoms with Gasteiger partial charge in [0.05, 0.1) is 0 Å². The summed E-state index contributed by atoms with van der Waals surface area (Å²) in [6.45, 7) is 6.77. The molecule has 1 unspecified atom stereocenters. The van der Waals surface area contributed by atoms with Gasteiger partial charge in [-0.15, -0.1) is 0 Å². The molecule has 1 fully saturated rings. The van der Waals surface area contributed by atoms with E-state index in [1.807, 2.05) is 12.3 Å². The van der Waals surface area contributed by atoms with E-state index in [2.05, 4.69) is 39.9 Å². The second-order valence-corrected chi connectivity index (χ2v) is 5.80. The van der Waals surface area contributed by atoms with Crippen molar-refractivity contribution in [1.82, 2.24) is 9.88 Å². The Morgan fingerprint density at radius 1 is 1.25 bits per heavy atom. The number of anilines is 1. The van der Waals surface area contributed by atoms with E-state index in [0.29, 0.717) is 6.04 Å². The Balaban J connectivity index is 1.77. The third-order valence-corrected chi connectivity index (χ3v) is 4.62. The largest absolute Gasteiger partial charge is 0.353 e. The smallest absolute Gasteiger partial charge is 0.128 e. The van der Waals surface area contributed by atoms with Crippen LogP contribution in [-0.4, -0.2) is 42.1 Å². The van der Waals surface area contributed by atoms with Gasteiger partial charge in [-0.2, -0.15) is 0 Å². The molecule has 1 aliphatic carbocycles. The molecule has 1 atom stereocenters. The highest BCUT2D eigenvalue weighted by Crippen LogP contribution is 2.27. The monoisotopic (exact) mass is 271 g/mol. The number of piperazine rings is 1. The summed E-state index contributed by atoms with van der Waals surface area (Å²) in [5, 5.41) is 0. The lowest BCUT2D eigenvalue weighted by Crippen LogP contribution is -2.54. The fourth-order valence-corrected chi connectivity index (χ4v) is 3.47. The van der Waals surface area contributed by atoms with E-state index >= 15 is 0 Å². The van der Waals surface area contributed by atoms with Crippen LogP contribution in [0.25, 0.3) is 0 Å². The first kappa shape index (κ1) is 13.6. The molecular weight excluding hydrogens is 246 g/mol. The molecule has 0 saturated carbocycles. The average Bonchev–Trinajstić information content (AvgIpc) is 2.56. The minimum atomic E-state index is 0.594. The summed E-state index contributed by atoms with van der Waals surface area (Å²) in [5.41, 5.74) is 1.67. The van der Waals surface area contributed by atoms with Gasteiger partial charge in [-0.1, -0.05) is 24.6 Å². The second kappa shape index (κ2) is 6.40. The highest BCUT2D eigenvalue weighted by molar-refractivity contribution is 5.40. The molecule has 0 radical (unpaired) electrons. The minimum absolute atomic E-state index is 0.594. The molecule has 3 heteroatoms. The quantitative estimate of drug-likeness (QED) is 0.788. The van der Waals surface area contributed by atoms with Crippen molar-refractivity contribution in [3.63, 3.8) is 0 Å². The summed E-state index contributed by atoms with van der Waals surface area (Å²) in [4.78, 5) is 9.61. The number of nitrogens with zero attached hydrogens (tertiary/aromatic N) is 3. The molecule has 1 aromatic rings. The first-order chi connectivity index (χ1) is 9.88. The summed E-state index contributed by atoms with van der Waals surface area (Å²) in [6, 6.07) is 6.81. The molecule has 20 heavy (non-hydrogen) atoms. The Kier molecular flexibility index (Phi) is 4.36. The van der Waals surface area contributed by atoms with Gasteiger partial charge in [0.2, 0.25) is 0 Å². The van der Waals surface area contributed by atoms with Crippen LogP contribution < -0.4 is 4.90 Å². The molecule has 1 aliphatic heterocycles. The van der Waals surface area contributed by atoms with E-state index in [4.69, 9.17) is 0 Å². The van der Waals surface area contributed by atoms with Gasteiger partial charge in [0.25, 0.3) is 0 Å². The van der Waals surface area contributed by atoms with Crippen LogP contribution in [-0.2, 0) is 0 Å². The van der Waals surface area contributed by atoms with Gasteiger partial charge in [-0.25, -0.2) is 4.98 Å². The van der Waals surface area contributed by atoms with E-state index in [0.717, 1.165) is 32.0 Å². The van der Waals surface area contributed by atoms with Crippen molar-refractivity contribution in [3.8, 4) is 0 Å². The van der Waals surface area contributed by atoms with Crippen molar-refractivity contribution in [1.29, 1.82) is 0 Å². The average molecular weight is 271 g/mol. The van der Waals surface area contributed by atoms with Crippen LogP contribution in [0.1, 0.15) is 32.6 Å². The van der Waals surface area contributed by atoms with Gasteiger partial charge < -0.3 is 4.90 Å². The minimum Gasteiger partial charge on any atom is -0.353 e. The number of allylic oxidation sites excluding steroid dienone is 1. The van der Waals surface area contributed by atoms with E-state index in [-0.39, 0.29) is 0 Å². The van der Waals surface area contributed by atoms with Gasteiger partial charge in [0, 0.05) is 31.9 Å². The molecule has 2 aliphatic rings. The number of likely N-dealkylation sites (N-methyl/N-ethyl adjacent to an activating group) is 1. The van der Waals surface area contributed by atoms with Crippen molar-refractivity contribution in [2.24, 2.45) is 0 Å². The lowest BCUT2D eigenvalue weighted by molar-refractivity contribution is 0.205. The van der Waals surface area contributed by atoms with E-state index in [9.17, 15) is 0 Å². The van der Waals surface area contributed by atoms with E-state index < -0.39 is 0 Å². The molecule has 0 N–H and O–H groups in total. The molecule has 0 amide bonds. The Morgan fingerprint density at radius 2 is 2.20 bits per heavy atom. The Bertz CT molecular complexity index is 455. The maximum Gasteiger partial charge on any atom is 0.128 e. The summed E-state index contributed by atoms with van der Waals surface area (Å²) in [6.07, 6.45) is 9.69. The Morgan fingerprint density at radius 3 is 2.90 bits per heavy atom. The van der Waals surface area contributed by atoms with Crippen molar-refractivity contribution < 1.29 is 0 Å². The molecule has 3 nitrogen and oxygen atoms in total. The Hall–Kier alpha value is -1.35. The predicted octanol–water partition coefficient (Wildman–Crippen LogP) is 3.09. The van der Waals surface area contributed by atoms with Crippen molar-refractivity contribution in [3.05, 3.63) is 36.0 Å². The third-order valence-electron chi connectivity index (χ3n) is 4.62. The van der Waals surface area contributed by atoms with Crippen LogP contribution in [0.5, 0.6) is 0 Å². The van der Waals surface area contributed by atoms with Crippen LogP contribution >= 0.6 is 0 Å². The molecule has 3 rings (SSSR count). The number of pyridine rings is 1. The molecule has 108 valence electrons. The molecule has 0 aromatic carbocycles. The number of rotatable bonds is 3. The molecule has 0 spiro atoms. The number of hydrogen-bond acceptors (Lipinski definition) is 3. The first-order valence-electron chi connectivity index (χ1n) is 7.97. The zero-order chi connectivity index (χ0) is 13.8. The number of aromatic nitrogens is 1. The molecule has 2 heterocycles. The summed E-state index contributed by atoms with van der Waals surface area (Å²) < 4.78 is 0. The fourth-order valence-electron chi connectivity index (χ4n) is 3.47.